The molecule has 0 radical (unpaired) electrons. The van der Waals surface area contributed by atoms with E-state index >= 15 is 4.39 Å². The molecule has 1 unspecified atom stereocenters. The first-order valence-electron chi connectivity index (χ1n) is 8.62. The lowest BCUT2D eigenvalue weighted by Crippen LogP contribution is -2.56. The van der Waals surface area contributed by atoms with E-state index in [-0.39, 0.29) is 17.6 Å². The fourth-order valence-electron chi connectivity index (χ4n) is 3.01. The van der Waals surface area contributed by atoms with Gasteiger partial charge in [0.05, 0.1) is 13.7 Å². The summed E-state index contributed by atoms with van der Waals surface area (Å²) in [6.45, 7) is -0.228. The van der Waals surface area contributed by atoms with Crippen LogP contribution in [-0.4, -0.2) is 21.5 Å². The lowest BCUT2D eigenvalue weighted by Gasteiger charge is -2.31. The zero-order chi connectivity index (χ0) is 21.9. The van der Waals surface area contributed by atoms with Gasteiger partial charge in [-0.3, -0.25) is 0 Å². The van der Waals surface area contributed by atoms with Crippen molar-refractivity contribution in [1.82, 2.24) is 4.72 Å². The Morgan fingerprint density at radius 3 is 2.47 bits per heavy atom. The van der Waals surface area contributed by atoms with Crippen LogP contribution in [0.15, 0.2) is 65.1 Å². The summed E-state index contributed by atoms with van der Waals surface area (Å²) in [5.41, 5.74) is -2.31. The number of carbonyl (C=O) groups excluding carboxylic acids is 1. The highest BCUT2D eigenvalue weighted by Crippen LogP contribution is 2.34. The summed E-state index contributed by atoms with van der Waals surface area (Å²) in [5, 5.41) is 5.84. The molecule has 3 aromatic rings. The van der Waals surface area contributed by atoms with Gasteiger partial charge in [0.15, 0.2) is 0 Å². The zero-order valence-corrected chi connectivity index (χ0v) is 18.2. The number of hydrogen-bond donors (Lipinski definition) is 2. The summed E-state index contributed by atoms with van der Waals surface area (Å²) >= 11 is 3.27. The van der Waals surface area contributed by atoms with Crippen molar-refractivity contribution in [3.63, 3.8) is 0 Å². The van der Waals surface area contributed by atoms with E-state index in [9.17, 15) is 13.2 Å². The van der Waals surface area contributed by atoms with Crippen molar-refractivity contribution in [2.75, 3.05) is 7.11 Å². The van der Waals surface area contributed by atoms with Gasteiger partial charge in [-0.05, 0) is 23.1 Å². The van der Waals surface area contributed by atoms with Crippen LogP contribution in [-0.2, 0) is 36.8 Å². The molecule has 0 aliphatic heterocycles. The van der Waals surface area contributed by atoms with Gasteiger partial charge in [0.25, 0.3) is 15.9 Å². The van der Waals surface area contributed by atoms with Gasteiger partial charge in [0.1, 0.15) is 5.82 Å². The highest BCUT2D eigenvalue weighted by Gasteiger charge is 2.48. The molecule has 0 spiro atoms. The Kier molecular flexibility index (Phi) is 6.53. The number of esters is 1. The Labute approximate surface area is 181 Å². The van der Waals surface area contributed by atoms with Crippen LogP contribution < -0.4 is 9.86 Å². The number of nitrogens with one attached hydrogen (secondary N) is 1. The van der Waals surface area contributed by atoms with Crippen LogP contribution >= 0.6 is 15.9 Å². The first-order valence-corrected chi connectivity index (χ1v) is 11.0. The molecule has 0 bridgehead atoms. The average molecular weight is 497 g/mol. The quantitative estimate of drug-likeness (QED) is 0.386. The van der Waals surface area contributed by atoms with Crippen molar-refractivity contribution in [2.45, 2.75) is 12.3 Å². The molecule has 3 rings (SSSR count). The van der Waals surface area contributed by atoms with Gasteiger partial charge in [0, 0.05) is 15.4 Å². The molecule has 0 fully saturated rings. The van der Waals surface area contributed by atoms with Crippen LogP contribution in [0.3, 0.4) is 0 Å². The van der Waals surface area contributed by atoms with Gasteiger partial charge in [-0.1, -0.05) is 64.5 Å². The predicted octanol–water partition coefficient (Wildman–Crippen LogP) is 3.08. The van der Waals surface area contributed by atoms with E-state index in [4.69, 9.17) is 14.6 Å². The van der Waals surface area contributed by atoms with E-state index in [1.54, 1.807) is 42.5 Å². The van der Waals surface area contributed by atoms with E-state index in [1.165, 1.54) is 18.2 Å². The Balaban J connectivity index is 2.22. The largest absolute Gasteiger partial charge is 0.466 e. The zero-order valence-electron chi connectivity index (χ0n) is 15.8. The Morgan fingerprint density at radius 2 is 1.83 bits per heavy atom. The molecule has 158 valence electrons. The number of fused-ring (bicyclic) bond motifs is 1. The second-order valence-corrected chi connectivity index (χ2v) is 8.60. The summed E-state index contributed by atoms with van der Waals surface area (Å²) in [6, 6.07) is 16.3. The van der Waals surface area contributed by atoms with Crippen molar-refractivity contribution in [3.05, 3.63) is 82.1 Å². The number of benzene rings is 3. The minimum atomic E-state index is -4.52. The number of ether oxygens (including phenoxy) is 2. The number of carbonyl (C=O) groups is 1. The van der Waals surface area contributed by atoms with Gasteiger partial charge >= 0.3 is 5.97 Å². The van der Waals surface area contributed by atoms with Crippen LogP contribution in [0.5, 0.6) is 0 Å². The second-order valence-electron chi connectivity index (χ2n) is 6.39. The first kappa shape index (κ1) is 22.3. The maximum absolute atomic E-state index is 15.6. The molecule has 0 saturated carbocycles. The smallest absolute Gasteiger partial charge is 0.359 e. The van der Waals surface area contributed by atoms with Gasteiger partial charge in [-0.2, -0.15) is 13.1 Å². The molecule has 0 aliphatic carbocycles. The van der Waals surface area contributed by atoms with Crippen molar-refractivity contribution >= 4 is 42.9 Å². The predicted molar refractivity (Wildman–Crippen MR) is 113 cm³/mol. The summed E-state index contributed by atoms with van der Waals surface area (Å²) in [5.74, 6) is -2.04. The summed E-state index contributed by atoms with van der Waals surface area (Å²) in [4.78, 5) is 12.8. The lowest BCUT2D eigenvalue weighted by molar-refractivity contribution is -0.176. The van der Waals surface area contributed by atoms with Crippen molar-refractivity contribution < 1.29 is 27.1 Å². The van der Waals surface area contributed by atoms with Gasteiger partial charge in [0.2, 0.25) is 0 Å². The third-order valence-corrected chi connectivity index (χ3v) is 5.42. The third-order valence-electron chi connectivity index (χ3n) is 4.35. The molecule has 7 nitrogen and oxygen atoms in total. The summed E-state index contributed by atoms with van der Waals surface area (Å²) in [6.07, 6.45) is 0. The van der Waals surface area contributed by atoms with E-state index in [1.807, 2.05) is 4.72 Å². The topological polar surface area (TPSA) is 108 Å². The Hall–Kier alpha value is -2.37. The number of halogens is 2. The van der Waals surface area contributed by atoms with E-state index in [0.717, 1.165) is 7.11 Å². The maximum Gasteiger partial charge on any atom is 0.359 e. The molecule has 0 amide bonds. The molecule has 0 heterocycles. The summed E-state index contributed by atoms with van der Waals surface area (Å²) < 4.78 is 52.4. The van der Waals surface area contributed by atoms with Crippen molar-refractivity contribution in [1.29, 1.82) is 0 Å². The average Bonchev–Trinajstić information content (AvgIpc) is 2.71. The molecule has 30 heavy (non-hydrogen) atoms. The normalized spacial score (nSPS) is 13.7. The van der Waals surface area contributed by atoms with Crippen LogP contribution in [0.1, 0.15) is 11.1 Å². The lowest BCUT2D eigenvalue weighted by atomic mass is 9.98. The number of methoxy groups -OCH3 is 1. The van der Waals surface area contributed by atoms with E-state index < -0.39 is 27.7 Å². The van der Waals surface area contributed by atoms with Crippen LogP contribution in [0.2, 0.25) is 0 Å². The molecular weight excluding hydrogens is 479 g/mol. The van der Waals surface area contributed by atoms with Gasteiger partial charge in [-0.15, -0.1) is 0 Å². The van der Waals surface area contributed by atoms with Crippen LogP contribution in [0, 0.1) is 5.82 Å². The second kappa shape index (κ2) is 8.78. The minimum Gasteiger partial charge on any atom is -0.466 e. The molecular formula is C20H18BrFN2O5S. The van der Waals surface area contributed by atoms with E-state index in [2.05, 4.69) is 15.9 Å². The maximum atomic E-state index is 15.6. The van der Waals surface area contributed by atoms with Crippen LogP contribution in [0.4, 0.5) is 4.39 Å². The number of hydrogen-bond acceptors (Lipinski definition) is 5. The fraction of sp³-hybridized carbons (Fsp3) is 0.150. The molecule has 0 aliphatic rings. The van der Waals surface area contributed by atoms with Crippen molar-refractivity contribution in [2.24, 2.45) is 5.14 Å². The molecule has 0 aromatic heterocycles. The fourth-order valence-corrected chi connectivity index (χ4v) is 4.02. The molecule has 3 N–H and O–H groups in total. The standard InChI is InChI=1S/C20H18BrFN2O5S/c1-28-19(25)20(24-30(23,26)27,29-12-13-5-3-2-4-6-13)17-10-8-14-7-9-15(21)11-16(14)18(17)22/h2-11,24H,12H2,1H3,(H2,23,26,27). The molecule has 1 atom stereocenters. The summed E-state index contributed by atoms with van der Waals surface area (Å²) in [7, 11) is -3.49. The molecule has 3 aromatic carbocycles. The van der Waals surface area contributed by atoms with Crippen molar-refractivity contribution in [3.8, 4) is 0 Å². The monoisotopic (exact) mass is 496 g/mol. The molecule has 0 saturated heterocycles. The third kappa shape index (κ3) is 4.68. The number of rotatable bonds is 7. The molecule has 10 heteroatoms. The van der Waals surface area contributed by atoms with E-state index in [0.29, 0.717) is 15.4 Å². The minimum absolute atomic E-state index is 0.148. The van der Waals surface area contributed by atoms with Gasteiger partial charge in [-0.25, -0.2) is 14.3 Å². The highest BCUT2D eigenvalue weighted by molar-refractivity contribution is 9.10. The van der Waals surface area contributed by atoms with Crippen LogP contribution in [0.25, 0.3) is 10.8 Å². The Morgan fingerprint density at radius 1 is 1.17 bits per heavy atom. The Bertz CT molecular complexity index is 1190. The van der Waals surface area contributed by atoms with Gasteiger partial charge < -0.3 is 9.47 Å². The number of nitrogens with two attached hydrogens (primary N) is 1. The highest BCUT2D eigenvalue weighted by atomic mass is 79.9. The first-order chi connectivity index (χ1) is 14.2. The SMILES string of the molecule is COC(=O)C(NS(N)(=O)=O)(OCc1ccccc1)c1ccc2ccc(Br)cc2c1F.